The topological polar surface area (TPSA) is 151 Å². The maximum atomic E-state index is 16.9. The number of carbonyl (C=O) groups is 2. The van der Waals surface area contributed by atoms with E-state index in [1.54, 1.807) is 11.8 Å². The van der Waals surface area contributed by atoms with E-state index in [9.17, 15) is 24.2 Å². The van der Waals surface area contributed by atoms with Gasteiger partial charge in [0.2, 0.25) is 5.91 Å². The van der Waals surface area contributed by atoms with Gasteiger partial charge in [0, 0.05) is 98.4 Å². The van der Waals surface area contributed by atoms with Crippen LogP contribution in [0.1, 0.15) is 87.1 Å². The number of β-amino-alcohol motifs (C(OH)–C–C–N with tert-alkyl or cyclic N) is 1. The fraction of sp³-hybridized carbons (Fsp3) is 0.509. The molecule has 5 aliphatic heterocycles. The molecule has 378 valence electrons. The van der Waals surface area contributed by atoms with Crippen LogP contribution in [-0.2, 0) is 11.3 Å². The Balaban J connectivity index is 0.656. The van der Waals surface area contributed by atoms with Crippen LogP contribution in [0.4, 0.5) is 24.7 Å². The van der Waals surface area contributed by atoms with Gasteiger partial charge in [-0.1, -0.05) is 12.6 Å². The van der Waals surface area contributed by atoms with Crippen molar-refractivity contribution in [1.29, 1.82) is 0 Å². The molecule has 72 heavy (non-hydrogen) atoms. The van der Waals surface area contributed by atoms with Crippen LogP contribution in [0.15, 0.2) is 60.9 Å². The highest BCUT2D eigenvalue weighted by atomic mass is 19.2. The molecule has 0 radical (unpaired) electrons. The monoisotopic (exact) mass is 985 g/mol. The molecule has 7 aliphatic rings. The highest BCUT2D eigenvalue weighted by Gasteiger charge is 2.50. The number of rotatable bonds is 11. The van der Waals surface area contributed by atoms with Gasteiger partial charge in [-0.3, -0.25) is 19.5 Å². The number of pyridine rings is 1. The van der Waals surface area contributed by atoms with E-state index < -0.39 is 29.1 Å². The number of benzene rings is 3. The van der Waals surface area contributed by atoms with Crippen molar-refractivity contribution in [3.05, 3.63) is 89.5 Å². The lowest BCUT2D eigenvalue weighted by molar-refractivity contribution is -0.126. The fourth-order valence-electron chi connectivity index (χ4n) is 13.0. The molecule has 1 spiro atoms. The van der Waals surface area contributed by atoms with Crippen LogP contribution in [-0.4, -0.2) is 135 Å². The lowest BCUT2D eigenvalue weighted by atomic mass is 9.57. The number of piperidine rings is 3. The van der Waals surface area contributed by atoms with Crippen molar-refractivity contribution in [3.8, 4) is 23.0 Å². The SMILES string of the molecule is C=C1CC[C@H](N2Cc3cc(N4CCN(CC5CC6(CCN(CC7(COc8nc(N9CCC[C@@](C)(O)C9)c9cnc(-c%10cc(O)cc%11ccc(F)c(F)c%10%11)c(F)c9n8)CC7)CC6)C5)CC4)ccc3C2=O)C(=O)N1. The molecular formula is C55H62F3N9O5. The predicted octanol–water partition coefficient (Wildman–Crippen LogP) is 7.54. The molecule has 0 bridgehead atoms. The number of carbonyl (C=O) groups excluding carboxylic acids is 2. The lowest BCUT2D eigenvalue weighted by Crippen LogP contribution is -2.53. The maximum absolute atomic E-state index is 16.9. The number of anilines is 2. The summed E-state index contributed by atoms with van der Waals surface area (Å²) in [5.74, 6) is -2.55. The zero-order chi connectivity index (χ0) is 49.7. The Morgan fingerprint density at radius 2 is 1.67 bits per heavy atom. The number of nitrogens with zero attached hydrogens (tertiary/aromatic N) is 8. The summed E-state index contributed by atoms with van der Waals surface area (Å²) in [6, 6.07) is 10.4. The number of nitrogens with one attached hydrogen (secondary N) is 1. The largest absolute Gasteiger partial charge is 0.508 e. The van der Waals surface area contributed by atoms with Crippen molar-refractivity contribution in [2.75, 3.05) is 81.9 Å². The zero-order valence-corrected chi connectivity index (χ0v) is 40.9. The van der Waals surface area contributed by atoms with Crippen molar-refractivity contribution in [1.82, 2.24) is 35.0 Å². The van der Waals surface area contributed by atoms with Crippen LogP contribution in [0, 0.1) is 34.2 Å². The number of allylic oxidation sites excluding steroid dienone is 1. The van der Waals surface area contributed by atoms with E-state index in [1.165, 1.54) is 50.1 Å². The first kappa shape index (κ1) is 47.0. The van der Waals surface area contributed by atoms with E-state index in [1.807, 2.05) is 11.0 Å². The molecular weight excluding hydrogens is 924 g/mol. The summed E-state index contributed by atoms with van der Waals surface area (Å²) < 4.78 is 53.2. The van der Waals surface area contributed by atoms with E-state index in [4.69, 9.17) is 9.72 Å². The Morgan fingerprint density at radius 1 is 0.875 bits per heavy atom. The van der Waals surface area contributed by atoms with Crippen molar-refractivity contribution in [3.63, 3.8) is 0 Å². The second kappa shape index (κ2) is 17.9. The number of hydrogen-bond acceptors (Lipinski definition) is 12. The Bertz CT molecular complexity index is 3020. The molecule has 4 saturated heterocycles. The smallest absolute Gasteiger partial charge is 0.319 e. The number of ether oxygens (including phenoxy) is 1. The van der Waals surface area contributed by atoms with Gasteiger partial charge in [0.05, 0.1) is 17.6 Å². The molecule has 2 aliphatic carbocycles. The Kier molecular flexibility index (Phi) is 11.7. The number of halogens is 3. The van der Waals surface area contributed by atoms with Crippen LogP contribution in [0.25, 0.3) is 32.9 Å². The molecule has 3 N–H and O–H groups in total. The van der Waals surface area contributed by atoms with E-state index in [0.717, 1.165) is 82.5 Å². The zero-order valence-electron chi connectivity index (χ0n) is 40.9. The third-order valence-corrected chi connectivity index (χ3v) is 17.1. The molecule has 17 heteroatoms. The van der Waals surface area contributed by atoms with Gasteiger partial charge >= 0.3 is 6.01 Å². The van der Waals surface area contributed by atoms with Gasteiger partial charge < -0.3 is 39.9 Å². The molecule has 12 rings (SSSR count). The third kappa shape index (κ3) is 8.78. The highest BCUT2D eigenvalue weighted by Crippen LogP contribution is 2.54. The minimum Gasteiger partial charge on any atom is -0.508 e. The van der Waals surface area contributed by atoms with E-state index in [-0.39, 0.29) is 63.1 Å². The molecule has 2 atom stereocenters. The highest BCUT2D eigenvalue weighted by molar-refractivity contribution is 6.02. The van der Waals surface area contributed by atoms with Crippen molar-refractivity contribution in [2.45, 2.75) is 89.3 Å². The molecule has 14 nitrogen and oxygen atoms in total. The number of aliphatic hydroxyl groups is 1. The first-order valence-electron chi connectivity index (χ1n) is 25.8. The number of phenols is 1. The fourth-order valence-corrected chi connectivity index (χ4v) is 13.0. The predicted molar refractivity (Wildman–Crippen MR) is 267 cm³/mol. The van der Waals surface area contributed by atoms with Crippen molar-refractivity contribution in [2.24, 2.45) is 16.7 Å². The number of aromatic hydroxyl groups is 1. The normalized spacial score (nSPS) is 24.5. The van der Waals surface area contributed by atoms with Gasteiger partial charge in [-0.15, -0.1) is 0 Å². The molecule has 5 aromatic rings. The molecule has 2 aromatic heterocycles. The Morgan fingerprint density at radius 3 is 2.42 bits per heavy atom. The van der Waals surface area contributed by atoms with Gasteiger partial charge in [-0.25, -0.2) is 13.2 Å². The van der Waals surface area contributed by atoms with E-state index in [2.05, 4.69) is 48.7 Å². The molecule has 7 heterocycles. The molecule has 2 saturated carbocycles. The third-order valence-electron chi connectivity index (χ3n) is 17.1. The molecule has 3 aromatic carbocycles. The average Bonchev–Trinajstić information content (AvgIpc) is 4.04. The summed E-state index contributed by atoms with van der Waals surface area (Å²) in [6.07, 6.45) is 10.9. The number of fused-ring (bicyclic) bond motifs is 3. The van der Waals surface area contributed by atoms with Crippen molar-refractivity contribution >= 4 is 45.0 Å². The summed E-state index contributed by atoms with van der Waals surface area (Å²) >= 11 is 0. The summed E-state index contributed by atoms with van der Waals surface area (Å²) in [6.45, 7) is 15.3. The number of amides is 2. The molecule has 0 unspecified atom stereocenters. The summed E-state index contributed by atoms with van der Waals surface area (Å²) in [5.41, 5.74) is 2.37. The van der Waals surface area contributed by atoms with Crippen LogP contribution >= 0.6 is 0 Å². The maximum Gasteiger partial charge on any atom is 0.319 e. The van der Waals surface area contributed by atoms with Gasteiger partial charge in [0.15, 0.2) is 17.5 Å². The minimum absolute atomic E-state index is 0.00467. The van der Waals surface area contributed by atoms with E-state index >= 15 is 8.78 Å². The van der Waals surface area contributed by atoms with Crippen LogP contribution < -0.4 is 19.9 Å². The number of piperazine rings is 1. The van der Waals surface area contributed by atoms with Gasteiger partial charge in [0.25, 0.3) is 5.91 Å². The number of aromatic nitrogens is 3. The quantitative estimate of drug-likeness (QED) is 0.120. The Hall–Kier alpha value is -6.04. The second-order valence-corrected chi connectivity index (χ2v) is 22.5. The van der Waals surface area contributed by atoms with Crippen LogP contribution in [0.2, 0.25) is 0 Å². The Labute approximate surface area is 416 Å². The van der Waals surface area contributed by atoms with E-state index in [0.29, 0.717) is 79.2 Å². The number of likely N-dealkylation sites (tertiary alicyclic amines) is 1. The standard InChI is InChI=1S/C55H62F3N9O5/c1-33-4-9-43(50(69)60-33)67-29-36-22-37(6-7-39(36)51(67)70)65-20-18-63(19-21-65)28-34-25-54(26-34)13-16-64(17-14-54)31-55(11-12-55)32-72-52-61-48-41(49(62-52)66-15-3-10-53(2,71)30-66)27-59-47(46(48)58)40-24-38(68)23-35-5-8-42(56)45(57)44(35)40/h5-8,22-24,27,34,43,68,71H,1,3-4,9-21,25-26,28-32H2,2H3,(H,60,69)/t43-,53+/m0/s1. The van der Waals surface area contributed by atoms with Gasteiger partial charge in [0.1, 0.15) is 28.8 Å². The summed E-state index contributed by atoms with van der Waals surface area (Å²) in [4.78, 5) is 51.0. The minimum atomic E-state index is -1.17. The van der Waals surface area contributed by atoms with Gasteiger partial charge in [-0.05, 0) is 143 Å². The van der Waals surface area contributed by atoms with Gasteiger partial charge in [-0.2, -0.15) is 9.97 Å². The van der Waals surface area contributed by atoms with Crippen LogP contribution in [0.3, 0.4) is 0 Å². The summed E-state index contributed by atoms with van der Waals surface area (Å²) in [5, 5.41) is 24.7. The van der Waals surface area contributed by atoms with Crippen molar-refractivity contribution < 1.29 is 37.7 Å². The molecule has 2 amide bonds. The number of hydrogen-bond donors (Lipinski definition) is 3. The average molecular weight is 986 g/mol. The second-order valence-electron chi connectivity index (χ2n) is 22.5. The number of phenolic OH excluding ortho intramolecular Hbond substituents is 1. The first-order valence-corrected chi connectivity index (χ1v) is 25.8. The lowest BCUT2D eigenvalue weighted by Gasteiger charge is -2.54. The first-order chi connectivity index (χ1) is 34.6. The van der Waals surface area contributed by atoms with Crippen LogP contribution in [0.5, 0.6) is 11.8 Å². The summed E-state index contributed by atoms with van der Waals surface area (Å²) in [7, 11) is 0. The molecule has 6 fully saturated rings.